The predicted octanol–water partition coefficient (Wildman–Crippen LogP) is 2.08. The van der Waals surface area contributed by atoms with Crippen molar-refractivity contribution in [3.8, 4) is 6.07 Å². The molecule has 2 N–H and O–H groups in total. The number of aliphatic carboxylic acids is 2. The summed E-state index contributed by atoms with van der Waals surface area (Å²) in [5.74, 6) is -2.94. The van der Waals surface area contributed by atoms with Gasteiger partial charge in [-0.05, 0) is 11.1 Å². The monoisotopic (exact) mass is 269 g/mol. The molecule has 0 saturated carbocycles. The first-order valence-electron chi connectivity index (χ1n) is 5.86. The minimum atomic E-state index is -2.07. The maximum absolute atomic E-state index is 11.3. The molecule has 1 aliphatic rings. The number of nitrogens with zero attached hydrogens (tertiary/aromatic N) is 1. The molecule has 20 heavy (non-hydrogen) atoms. The molecule has 100 valence electrons. The number of carboxylic acid groups (broad SMARTS) is 2. The van der Waals surface area contributed by atoms with Crippen molar-refractivity contribution in [1.29, 1.82) is 5.26 Å². The molecule has 0 bridgehead atoms. The lowest BCUT2D eigenvalue weighted by Crippen LogP contribution is -2.39. The first-order valence-corrected chi connectivity index (χ1v) is 5.86. The van der Waals surface area contributed by atoms with E-state index in [0.29, 0.717) is 5.57 Å². The number of benzene rings is 1. The van der Waals surface area contributed by atoms with Crippen LogP contribution in [0.2, 0.25) is 0 Å². The van der Waals surface area contributed by atoms with Crippen molar-refractivity contribution in [2.24, 2.45) is 5.41 Å². The van der Waals surface area contributed by atoms with Crippen molar-refractivity contribution in [1.82, 2.24) is 0 Å². The van der Waals surface area contributed by atoms with Gasteiger partial charge in [0.25, 0.3) is 0 Å². The molecule has 5 heteroatoms. The standard InChI is InChI=1S/C15H11NO4/c16-9-11-8-15(13(17)18,14(19)20)7-6-12(11)10-4-2-1-3-5-10/h1-7H,8H2,(H,17,18)(H,19,20). The van der Waals surface area contributed by atoms with Crippen LogP contribution in [-0.4, -0.2) is 22.2 Å². The quantitative estimate of drug-likeness (QED) is 0.818. The Labute approximate surface area is 115 Å². The van der Waals surface area contributed by atoms with Crippen LogP contribution in [0.3, 0.4) is 0 Å². The number of hydrogen-bond donors (Lipinski definition) is 2. The lowest BCUT2D eigenvalue weighted by Gasteiger charge is -2.25. The third kappa shape index (κ3) is 2.08. The Morgan fingerprint density at radius 3 is 2.25 bits per heavy atom. The highest BCUT2D eigenvalue weighted by Crippen LogP contribution is 2.38. The minimum absolute atomic E-state index is 0.156. The Morgan fingerprint density at radius 2 is 1.75 bits per heavy atom. The third-order valence-corrected chi connectivity index (χ3v) is 3.30. The summed E-state index contributed by atoms with van der Waals surface area (Å²) in [6.07, 6.45) is 2.19. The van der Waals surface area contributed by atoms with Crippen molar-refractivity contribution < 1.29 is 19.8 Å². The van der Waals surface area contributed by atoms with Crippen LogP contribution in [0.15, 0.2) is 48.1 Å². The molecule has 0 saturated heterocycles. The Balaban J connectivity index is 2.52. The molecule has 0 spiro atoms. The van der Waals surface area contributed by atoms with Crippen molar-refractivity contribution in [2.75, 3.05) is 0 Å². The normalized spacial score (nSPS) is 16.6. The van der Waals surface area contributed by atoms with E-state index < -0.39 is 17.4 Å². The van der Waals surface area contributed by atoms with Gasteiger partial charge < -0.3 is 10.2 Å². The van der Waals surface area contributed by atoms with Crippen molar-refractivity contribution >= 4 is 17.5 Å². The van der Waals surface area contributed by atoms with Gasteiger partial charge in [-0.1, -0.05) is 42.5 Å². The number of hydrogen-bond acceptors (Lipinski definition) is 3. The predicted molar refractivity (Wildman–Crippen MR) is 70.4 cm³/mol. The molecule has 5 nitrogen and oxygen atoms in total. The zero-order valence-corrected chi connectivity index (χ0v) is 10.4. The molecule has 1 aliphatic carbocycles. The highest BCUT2D eigenvalue weighted by Gasteiger charge is 2.47. The van der Waals surface area contributed by atoms with Gasteiger partial charge in [0.2, 0.25) is 0 Å². The zero-order valence-electron chi connectivity index (χ0n) is 10.4. The fraction of sp³-hybridized carbons (Fsp3) is 0.133. The zero-order chi connectivity index (χ0) is 14.8. The fourth-order valence-corrected chi connectivity index (χ4v) is 2.13. The Bertz CT molecular complexity index is 651. The van der Waals surface area contributed by atoms with E-state index >= 15 is 0 Å². The van der Waals surface area contributed by atoms with Crippen LogP contribution in [0.1, 0.15) is 12.0 Å². The van der Waals surface area contributed by atoms with Crippen LogP contribution in [-0.2, 0) is 9.59 Å². The second kappa shape index (κ2) is 5.02. The van der Waals surface area contributed by atoms with Gasteiger partial charge in [-0.15, -0.1) is 0 Å². The first kappa shape index (κ1) is 13.6. The van der Waals surface area contributed by atoms with E-state index in [1.54, 1.807) is 24.3 Å². The van der Waals surface area contributed by atoms with E-state index in [4.69, 9.17) is 10.2 Å². The van der Waals surface area contributed by atoms with Gasteiger partial charge in [-0.2, -0.15) is 5.26 Å². The third-order valence-electron chi connectivity index (χ3n) is 3.30. The van der Waals surface area contributed by atoms with E-state index in [1.165, 1.54) is 6.08 Å². The Kier molecular flexibility index (Phi) is 3.40. The highest BCUT2D eigenvalue weighted by atomic mass is 16.4. The van der Waals surface area contributed by atoms with Gasteiger partial charge in [0, 0.05) is 12.0 Å². The van der Waals surface area contributed by atoms with Crippen LogP contribution in [0.25, 0.3) is 5.57 Å². The van der Waals surface area contributed by atoms with E-state index in [9.17, 15) is 14.9 Å². The summed E-state index contributed by atoms with van der Waals surface area (Å²) in [4.78, 5) is 22.5. The Morgan fingerprint density at radius 1 is 1.15 bits per heavy atom. The van der Waals surface area contributed by atoms with Crippen molar-refractivity contribution in [3.63, 3.8) is 0 Å². The summed E-state index contributed by atoms with van der Waals surface area (Å²) in [7, 11) is 0. The van der Waals surface area contributed by atoms with Gasteiger partial charge >= 0.3 is 11.9 Å². The molecule has 1 aromatic rings. The van der Waals surface area contributed by atoms with E-state index in [1.807, 2.05) is 12.1 Å². The van der Waals surface area contributed by atoms with Gasteiger partial charge in [-0.25, -0.2) is 0 Å². The van der Waals surface area contributed by atoms with Crippen LogP contribution in [0.4, 0.5) is 0 Å². The average Bonchev–Trinajstić information content (AvgIpc) is 2.47. The topological polar surface area (TPSA) is 98.4 Å². The molecule has 0 aliphatic heterocycles. The summed E-state index contributed by atoms with van der Waals surface area (Å²) in [5, 5.41) is 27.5. The molecule has 2 rings (SSSR count). The first-order chi connectivity index (χ1) is 9.51. The molecule has 0 unspecified atom stereocenters. The maximum atomic E-state index is 11.3. The smallest absolute Gasteiger partial charge is 0.325 e. The summed E-state index contributed by atoms with van der Waals surface area (Å²) in [5.41, 5.74) is -0.594. The number of nitriles is 1. The van der Waals surface area contributed by atoms with E-state index in [-0.39, 0.29) is 12.0 Å². The van der Waals surface area contributed by atoms with Crippen LogP contribution in [0, 0.1) is 16.7 Å². The molecule has 0 aromatic heterocycles. The Hall–Kier alpha value is -2.87. The number of allylic oxidation sites excluding steroid dienone is 3. The second-order valence-electron chi connectivity index (χ2n) is 4.46. The van der Waals surface area contributed by atoms with Crippen LogP contribution >= 0.6 is 0 Å². The number of rotatable bonds is 3. The van der Waals surface area contributed by atoms with E-state index in [0.717, 1.165) is 11.6 Å². The maximum Gasteiger partial charge on any atom is 0.325 e. The minimum Gasteiger partial charge on any atom is -0.480 e. The van der Waals surface area contributed by atoms with Crippen LogP contribution < -0.4 is 0 Å². The molecule has 0 fully saturated rings. The second-order valence-corrected chi connectivity index (χ2v) is 4.46. The lowest BCUT2D eigenvalue weighted by atomic mass is 9.75. The number of carbonyl (C=O) groups is 2. The molecule has 0 heterocycles. The number of carboxylic acids is 2. The largest absolute Gasteiger partial charge is 0.480 e. The van der Waals surface area contributed by atoms with E-state index in [2.05, 4.69) is 0 Å². The van der Waals surface area contributed by atoms with Crippen molar-refractivity contribution in [3.05, 3.63) is 53.6 Å². The van der Waals surface area contributed by atoms with Gasteiger partial charge in [0.1, 0.15) is 0 Å². The molecule has 1 aromatic carbocycles. The van der Waals surface area contributed by atoms with Gasteiger partial charge in [0.15, 0.2) is 5.41 Å². The average molecular weight is 269 g/mol. The molecule has 0 amide bonds. The summed E-state index contributed by atoms with van der Waals surface area (Å²) < 4.78 is 0. The molecule has 0 atom stereocenters. The van der Waals surface area contributed by atoms with Crippen molar-refractivity contribution in [2.45, 2.75) is 6.42 Å². The summed E-state index contributed by atoms with van der Waals surface area (Å²) in [6.45, 7) is 0. The summed E-state index contributed by atoms with van der Waals surface area (Å²) in [6, 6.07) is 10.9. The molecular formula is C15H11NO4. The lowest BCUT2D eigenvalue weighted by molar-refractivity contribution is -0.160. The van der Waals surface area contributed by atoms with Gasteiger partial charge in [0.05, 0.1) is 6.07 Å². The molecule has 0 radical (unpaired) electrons. The van der Waals surface area contributed by atoms with Gasteiger partial charge in [-0.3, -0.25) is 9.59 Å². The fourth-order valence-electron chi connectivity index (χ4n) is 2.13. The summed E-state index contributed by atoms with van der Waals surface area (Å²) >= 11 is 0. The van der Waals surface area contributed by atoms with Crippen LogP contribution in [0.5, 0.6) is 0 Å². The highest BCUT2D eigenvalue weighted by molar-refractivity contribution is 6.03. The molecular weight excluding hydrogens is 258 g/mol. The SMILES string of the molecule is N#CC1=C(c2ccccc2)C=CC(C(=O)O)(C(=O)O)C1.